The summed E-state index contributed by atoms with van der Waals surface area (Å²) in [5.74, 6) is -0.0882. The highest BCUT2D eigenvalue weighted by Gasteiger charge is 2.16. The topological polar surface area (TPSA) is 58.2 Å². The zero-order valence-electron chi connectivity index (χ0n) is 16.5. The van der Waals surface area contributed by atoms with Gasteiger partial charge < -0.3 is 10.6 Å². The number of benzene rings is 3. The second-order valence-electron chi connectivity index (χ2n) is 6.80. The first-order valence-corrected chi connectivity index (χ1v) is 10.5. The van der Waals surface area contributed by atoms with Crippen LogP contribution in [0.3, 0.4) is 0 Å². The van der Waals surface area contributed by atoms with Crippen molar-refractivity contribution in [2.24, 2.45) is 0 Å². The van der Waals surface area contributed by atoms with Gasteiger partial charge in [-0.05, 0) is 43.7 Å². The van der Waals surface area contributed by atoms with Gasteiger partial charge in [-0.25, -0.2) is 0 Å². The van der Waals surface area contributed by atoms with Gasteiger partial charge in [0, 0.05) is 4.90 Å². The number of nitrogens with one attached hydrogen (secondary N) is 2. The molecule has 0 radical (unpaired) electrons. The maximum absolute atomic E-state index is 12.8. The Kier molecular flexibility index (Phi) is 7.09. The van der Waals surface area contributed by atoms with Crippen LogP contribution >= 0.6 is 11.8 Å². The normalized spacial score (nSPS) is 11.5. The highest BCUT2D eigenvalue weighted by atomic mass is 32.2. The molecule has 0 aliphatic heterocycles. The molecule has 1 atom stereocenters. The number of amides is 2. The Morgan fingerprint density at radius 1 is 0.897 bits per heavy atom. The fourth-order valence-electron chi connectivity index (χ4n) is 2.86. The second-order valence-corrected chi connectivity index (χ2v) is 7.85. The van der Waals surface area contributed by atoms with Crippen LogP contribution in [0.4, 0.5) is 5.69 Å². The van der Waals surface area contributed by atoms with Crippen LogP contribution in [-0.4, -0.2) is 17.6 Å². The maximum atomic E-state index is 12.8. The molecule has 0 aromatic heterocycles. The monoisotopic (exact) mass is 404 g/mol. The van der Waals surface area contributed by atoms with Crippen LogP contribution in [0.1, 0.15) is 34.5 Å². The molecule has 148 valence electrons. The van der Waals surface area contributed by atoms with Crippen LogP contribution in [0.5, 0.6) is 0 Å². The predicted octanol–water partition coefficient (Wildman–Crippen LogP) is 5.22. The van der Waals surface area contributed by atoms with Crippen LogP contribution in [0.25, 0.3) is 0 Å². The first kappa shape index (κ1) is 20.7. The van der Waals surface area contributed by atoms with E-state index in [1.165, 1.54) is 17.3 Å². The van der Waals surface area contributed by atoms with Crippen molar-refractivity contribution in [3.05, 3.63) is 95.6 Å². The van der Waals surface area contributed by atoms with E-state index in [-0.39, 0.29) is 23.6 Å². The van der Waals surface area contributed by atoms with Crippen molar-refractivity contribution in [1.82, 2.24) is 5.32 Å². The van der Waals surface area contributed by atoms with E-state index >= 15 is 0 Å². The summed E-state index contributed by atoms with van der Waals surface area (Å²) in [6.45, 7) is 3.97. The number of thioether (sulfide) groups is 1. The number of carbonyl (C=O) groups is 2. The molecule has 0 saturated heterocycles. The van der Waals surface area contributed by atoms with Crippen LogP contribution in [-0.2, 0) is 4.79 Å². The molecule has 29 heavy (non-hydrogen) atoms. The summed E-state index contributed by atoms with van der Waals surface area (Å²) in [5.41, 5.74) is 3.17. The largest absolute Gasteiger partial charge is 0.345 e. The molecule has 0 aliphatic rings. The summed E-state index contributed by atoms with van der Waals surface area (Å²) in [4.78, 5) is 26.2. The van der Waals surface area contributed by atoms with E-state index in [0.29, 0.717) is 11.3 Å². The van der Waals surface area contributed by atoms with Crippen molar-refractivity contribution < 1.29 is 9.59 Å². The summed E-state index contributed by atoms with van der Waals surface area (Å²) >= 11 is 1.47. The Balaban J connectivity index is 1.62. The van der Waals surface area contributed by atoms with Gasteiger partial charge in [0.2, 0.25) is 5.91 Å². The van der Waals surface area contributed by atoms with Crippen LogP contribution < -0.4 is 10.6 Å². The molecule has 0 heterocycles. The number of anilines is 1. The number of rotatable bonds is 7. The first-order valence-electron chi connectivity index (χ1n) is 9.47. The first-order chi connectivity index (χ1) is 14.0. The van der Waals surface area contributed by atoms with Gasteiger partial charge >= 0.3 is 0 Å². The Morgan fingerprint density at radius 3 is 2.28 bits per heavy atom. The lowest BCUT2D eigenvalue weighted by molar-refractivity contribution is -0.113. The van der Waals surface area contributed by atoms with Crippen molar-refractivity contribution in [2.75, 3.05) is 11.1 Å². The highest BCUT2D eigenvalue weighted by Crippen LogP contribution is 2.21. The highest BCUT2D eigenvalue weighted by molar-refractivity contribution is 8.00. The van der Waals surface area contributed by atoms with Gasteiger partial charge in [0.25, 0.3) is 5.91 Å². The van der Waals surface area contributed by atoms with E-state index < -0.39 is 0 Å². The fourth-order valence-corrected chi connectivity index (χ4v) is 3.56. The van der Waals surface area contributed by atoms with Gasteiger partial charge in [0.05, 0.1) is 23.0 Å². The molecule has 0 aliphatic carbocycles. The molecule has 2 N–H and O–H groups in total. The second kappa shape index (κ2) is 9.94. The van der Waals surface area contributed by atoms with Crippen LogP contribution in [0.2, 0.25) is 0 Å². The Morgan fingerprint density at radius 2 is 1.55 bits per heavy atom. The molecule has 3 rings (SSSR count). The van der Waals surface area contributed by atoms with Gasteiger partial charge in [0.1, 0.15) is 0 Å². The average Bonchev–Trinajstić information content (AvgIpc) is 2.74. The summed E-state index contributed by atoms with van der Waals surface area (Å²) in [6, 6.07) is 24.7. The Bertz CT molecular complexity index is 972. The smallest absolute Gasteiger partial charge is 0.253 e. The third kappa shape index (κ3) is 5.96. The molecule has 0 spiro atoms. The van der Waals surface area contributed by atoms with Crippen molar-refractivity contribution in [3.8, 4) is 0 Å². The quantitative estimate of drug-likeness (QED) is 0.531. The van der Waals surface area contributed by atoms with E-state index in [0.717, 1.165) is 10.5 Å². The Hall–Kier alpha value is -3.05. The number of aryl methyl sites for hydroxylation is 1. The molecule has 5 heteroatoms. The molecule has 3 aromatic rings. The van der Waals surface area contributed by atoms with Gasteiger partial charge in [-0.15, -0.1) is 11.8 Å². The minimum absolute atomic E-state index is 0.135. The molecular formula is C24H24N2O2S. The van der Waals surface area contributed by atoms with E-state index in [2.05, 4.69) is 10.6 Å². The third-order valence-corrected chi connectivity index (χ3v) is 5.50. The maximum Gasteiger partial charge on any atom is 0.253 e. The summed E-state index contributed by atoms with van der Waals surface area (Å²) in [6.07, 6.45) is 0. The van der Waals surface area contributed by atoms with Crippen molar-refractivity contribution in [1.29, 1.82) is 0 Å². The van der Waals surface area contributed by atoms with E-state index in [9.17, 15) is 9.59 Å². The summed E-state index contributed by atoms with van der Waals surface area (Å²) in [7, 11) is 0. The summed E-state index contributed by atoms with van der Waals surface area (Å²) < 4.78 is 0. The minimum atomic E-state index is -0.219. The van der Waals surface area contributed by atoms with Crippen molar-refractivity contribution in [3.63, 3.8) is 0 Å². The molecule has 3 aromatic carbocycles. The van der Waals surface area contributed by atoms with Crippen LogP contribution in [0.15, 0.2) is 83.8 Å². The third-order valence-electron chi connectivity index (χ3n) is 4.48. The zero-order chi connectivity index (χ0) is 20.6. The van der Waals surface area contributed by atoms with E-state index in [4.69, 9.17) is 0 Å². The number of carbonyl (C=O) groups excluding carboxylic acids is 2. The Labute approximate surface area is 175 Å². The van der Waals surface area contributed by atoms with Crippen molar-refractivity contribution in [2.45, 2.75) is 24.8 Å². The predicted molar refractivity (Wildman–Crippen MR) is 119 cm³/mol. The molecule has 0 fully saturated rings. The molecule has 2 amide bonds. The zero-order valence-corrected chi connectivity index (χ0v) is 17.3. The number of hydrogen-bond donors (Lipinski definition) is 2. The van der Waals surface area contributed by atoms with Crippen molar-refractivity contribution >= 4 is 29.3 Å². The number of hydrogen-bond acceptors (Lipinski definition) is 3. The molecular weight excluding hydrogens is 380 g/mol. The number of para-hydroxylation sites is 1. The van der Waals surface area contributed by atoms with Gasteiger partial charge in [-0.2, -0.15) is 0 Å². The van der Waals surface area contributed by atoms with Gasteiger partial charge in [-0.3, -0.25) is 9.59 Å². The minimum Gasteiger partial charge on any atom is -0.345 e. The van der Waals surface area contributed by atoms with Gasteiger partial charge in [0.15, 0.2) is 0 Å². The van der Waals surface area contributed by atoms with E-state index in [1.807, 2.05) is 68.4 Å². The van der Waals surface area contributed by atoms with Crippen LogP contribution in [0, 0.1) is 6.92 Å². The molecule has 4 nitrogen and oxygen atoms in total. The standard InChI is InChI=1S/C24H24N2O2S/c1-17-12-14-20(15-13-17)29-16-23(27)26-22-11-7-6-10-21(22)24(28)25-18(2)19-8-4-3-5-9-19/h3-15,18H,16H2,1-2H3,(H,25,28)(H,26,27)/t18-/m1/s1. The lowest BCUT2D eigenvalue weighted by Crippen LogP contribution is -2.28. The summed E-state index contributed by atoms with van der Waals surface area (Å²) in [5, 5.41) is 5.86. The lowest BCUT2D eigenvalue weighted by atomic mass is 10.1. The lowest BCUT2D eigenvalue weighted by Gasteiger charge is -2.16. The average molecular weight is 405 g/mol. The van der Waals surface area contributed by atoms with E-state index in [1.54, 1.807) is 24.3 Å². The molecule has 0 unspecified atom stereocenters. The SMILES string of the molecule is Cc1ccc(SCC(=O)Nc2ccccc2C(=O)N[C@H](C)c2ccccc2)cc1. The van der Waals surface area contributed by atoms with Gasteiger partial charge in [-0.1, -0.05) is 60.2 Å². The molecule has 0 bridgehead atoms. The fraction of sp³-hybridized carbons (Fsp3) is 0.167. The molecule has 0 saturated carbocycles.